The van der Waals surface area contributed by atoms with Crippen LogP contribution in [-0.4, -0.2) is 16.1 Å². The fourth-order valence-corrected chi connectivity index (χ4v) is 9.86. The minimum atomic E-state index is 0.678. The van der Waals surface area contributed by atoms with Crippen LogP contribution in [0.25, 0.3) is 74.9 Å². The second kappa shape index (κ2) is 12.8. The Bertz CT molecular complexity index is 3250. The first-order valence-corrected chi connectivity index (χ1v) is 19.8. The zero-order chi connectivity index (χ0) is 36.5. The maximum Gasteiger partial charge on any atom is 0.161 e. The lowest BCUT2D eigenvalue weighted by Gasteiger charge is -2.17. The fourth-order valence-electron chi connectivity index (χ4n) is 8.64. The minimum Gasteiger partial charge on any atom is -0.308 e. The highest BCUT2D eigenvalue weighted by atomic mass is 32.1. The third-order valence-electron chi connectivity index (χ3n) is 11.2. The van der Waals surface area contributed by atoms with Crippen molar-refractivity contribution in [2.45, 2.75) is 19.3 Å². The Morgan fingerprint density at radius 1 is 0.527 bits per heavy atom. The van der Waals surface area contributed by atoms with Crippen LogP contribution in [0.15, 0.2) is 180 Å². The quantitative estimate of drug-likeness (QED) is 0.170. The minimum absolute atomic E-state index is 0.678. The van der Waals surface area contributed by atoms with Gasteiger partial charge >= 0.3 is 0 Å². The fraction of sp³-hybridized carbons (Fsp3) is 0.0588. The Kier molecular flexibility index (Phi) is 7.39. The van der Waals surface area contributed by atoms with E-state index in [9.17, 15) is 0 Å². The summed E-state index contributed by atoms with van der Waals surface area (Å²) < 4.78 is 4.94. The highest BCUT2D eigenvalue weighted by molar-refractivity contribution is 7.26. The molecule has 0 saturated carbocycles. The number of amidine groups is 1. The molecule has 0 N–H and O–H groups in total. The third-order valence-corrected chi connectivity index (χ3v) is 12.5. The molecule has 0 unspecified atom stereocenters. The van der Waals surface area contributed by atoms with Gasteiger partial charge in [0.05, 0.1) is 28.1 Å². The van der Waals surface area contributed by atoms with Crippen LogP contribution in [0.2, 0.25) is 0 Å². The van der Waals surface area contributed by atoms with Crippen LogP contribution in [0.5, 0.6) is 0 Å². The molecule has 0 fully saturated rings. The zero-order valence-electron chi connectivity index (χ0n) is 30.2. The molecule has 0 amide bonds. The van der Waals surface area contributed by atoms with Crippen molar-refractivity contribution in [3.8, 4) is 5.69 Å². The molecule has 8 aromatic carbocycles. The van der Waals surface area contributed by atoms with Crippen LogP contribution in [-0.2, 0) is 6.42 Å². The van der Waals surface area contributed by atoms with Gasteiger partial charge in [-0.3, -0.25) is 0 Å². The van der Waals surface area contributed by atoms with Crippen LogP contribution in [0, 0.1) is 0 Å². The number of rotatable bonds is 2. The average molecular weight is 722 g/mol. The highest BCUT2D eigenvalue weighted by Gasteiger charge is 2.22. The number of fused-ring (bicyclic) bond motifs is 10. The van der Waals surface area contributed by atoms with Crippen molar-refractivity contribution in [2.24, 2.45) is 9.98 Å². The van der Waals surface area contributed by atoms with Crippen molar-refractivity contribution in [1.82, 2.24) is 4.57 Å². The molecule has 11 rings (SSSR count). The lowest BCUT2D eigenvalue weighted by molar-refractivity contribution is 0.868. The van der Waals surface area contributed by atoms with E-state index in [0.717, 1.165) is 52.7 Å². The Balaban J connectivity index is 1.25. The summed E-state index contributed by atoms with van der Waals surface area (Å²) >= 11 is 1.81. The number of nitrogens with zero attached hydrogens (tertiary/aromatic N) is 3. The van der Waals surface area contributed by atoms with Crippen molar-refractivity contribution in [3.05, 3.63) is 193 Å². The summed E-state index contributed by atoms with van der Waals surface area (Å²) in [6.07, 6.45) is 2.64. The summed E-state index contributed by atoms with van der Waals surface area (Å²) in [5.74, 6) is 0.686. The number of aromatic nitrogens is 1. The number of hydrogen-bond acceptors (Lipinski definition) is 3. The van der Waals surface area contributed by atoms with E-state index in [4.69, 9.17) is 16.6 Å². The number of hydrogen-bond donors (Lipinski definition) is 0. The molecule has 0 atom stereocenters. The monoisotopic (exact) mass is 721 g/mol. The molecule has 0 spiro atoms. The lowest BCUT2D eigenvalue weighted by Crippen LogP contribution is -2.08. The van der Waals surface area contributed by atoms with Gasteiger partial charge in [0.1, 0.15) is 0 Å². The second-order valence-electron chi connectivity index (χ2n) is 14.5. The van der Waals surface area contributed by atoms with Gasteiger partial charge < -0.3 is 4.57 Å². The molecule has 55 heavy (non-hydrogen) atoms. The Morgan fingerprint density at radius 3 is 2.04 bits per heavy atom. The van der Waals surface area contributed by atoms with Gasteiger partial charge in [-0.15, -0.1) is 11.3 Å². The molecule has 260 valence electrons. The van der Waals surface area contributed by atoms with Crippen molar-refractivity contribution in [3.63, 3.8) is 0 Å². The van der Waals surface area contributed by atoms with Gasteiger partial charge in [-0.2, -0.15) is 0 Å². The first kappa shape index (κ1) is 31.9. The number of aryl methyl sites for hydroxylation is 1. The molecule has 0 radical (unpaired) electrons. The molecule has 0 aliphatic carbocycles. The summed E-state index contributed by atoms with van der Waals surface area (Å²) in [5, 5.41) is 9.77. The molecule has 3 nitrogen and oxygen atoms in total. The van der Waals surface area contributed by atoms with Crippen LogP contribution in [0.4, 0.5) is 0 Å². The van der Waals surface area contributed by atoms with E-state index >= 15 is 0 Å². The van der Waals surface area contributed by atoms with Crippen LogP contribution < -0.4 is 0 Å². The molecule has 0 bridgehead atoms. The maximum atomic E-state index is 5.56. The molecular weight excluding hydrogens is 687 g/mol. The van der Waals surface area contributed by atoms with E-state index in [2.05, 4.69) is 168 Å². The maximum absolute atomic E-state index is 5.56. The second-order valence-corrected chi connectivity index (χ2v) is 15.6. The number of para-hydroxylation sites is 1. The Morgan fingerprint density at radius 2 is 1.20 bits per heavy atom. The summed E-state index contributed by atoms with van der Waals surface area (Å²) in [7, 11) is 0. The van der Waals surface area contributed by atoms with Gasteiger partial charge in [0, 0.05) is 42.1 Å². The molecule has 1 aliphatic rings. The van der Waals surface area contributed by atoms with Crippen LogP contribution >= 0.6 is 11.3 Å². The number of benzene rings is 8. The van der Waals surface area contributed by atoms with Crippen molar-refractivity contribution < 1.29 is 0 Å². The Labute approximate surface area is 322 Å². The van der Waals surface area contributed by atoms with E-state index < -0.39 is 0 Å². The summed E-state index contributed by atoms with van der Waals surface area (Å²) in [6, 6.07) is 59.3. The normalized spacial score (nSPS) is 15.7. The lowest BCUT2D eigenvalue weighted by atomic mass is 9.99. The highest BCUT2D eigenvalue weighted by Crippen LogP contribution is 2.41. The summed E-state index contributed by atoms with van der Waals surface area (Å²) in [6.45, 7) is 4.78. The predicted octanol–water partition coefficient (Wildman–Crippen LogP) is 13.7. The van der Waals surface area contributed by atoms with E-state index in [0.29, 0.717) is 11.5 Å². The Hall–Kier alpha value is -6.62. The van der Waals surface area contributed by atoms with E-state index in [-0.39, 0.29) is 0 Å². The smallest absolute Gasteiger partial charge is 0.161 e. The average Bonchev–Trinajstić information content (AvgIpc) is 3.77. The topological polar surface area (TPSA) is 29.6 Å². The number of thiophene rings is 1. The van der Waals surface area contributed by atoms with Gasteiger partial charge in [0.2, 0.25) is 0 Å². The molecular formula is C51H35N3S. The van der Waals surface area contributed by atoms with Crippen molar-refractivity contribution >= 4 is 92.1 Å². The van der Waals surface area contributed by atoms with Crippen LogP contribution in [0.1, 0.15) is 35.1 Å². The molecule has 2 aromatic heterocycles. The van der Waals surface area contributed by atoms with Gasteiger partial charge in [-0.25, -0.2) is 9.98 Å². The predicted molar refractivity (Wildman–Crippen MR) is 237 cm³/mol. The first-order chi connectivity index (χ1) is 27.2. The van der Waals surface area contributed by atoms with E-state index in [1.165, 1.54) is 63.7 Å². The summed E-state index contributed by atoms with van der Waals surface area (Å²) in [5.41, 5.74) is 9.65. The number of aliphatic imine (C=N–C) groups is 2. The van der Waals surface area contributed by atoms with E-state index in [1.807, 2.05) is 11.3 Å². The van der Waals surface area contributed by atoms with Crippen molar-refractivity contribution in [1.29, 1.82) is 0 Å². The van der Waals surface area contributed by atoms with E-state index in [1.54, 1.807) is 0 Å². The molecule has 3 heterocycles. The molecule has 4 heteroatoms. The van der Waals surface area contributed by atoms with Gasteiger partial charge in [0.15, 0.2) is 5.84 Å². The largest absolute Gasteiger partial charge is 0.308 e. The SMILES string of the molecule is C=C1/N=C(c2cccc3c2sc2ccccc23)\N=C(\c2ccccc2)CCCc2cccc3c4cc5ccccc5cc4n(c23)-c2cc3ccccc3cc21. The van der Waals surface area contributed by atoms with Crippen LogP contribution in [0.3, 0.4) is 0 Å². The first-order valence-electron chi connectivity index (χ1n) is 19.0. The summed E-state index contributed by atoms with van der Waals surface area (Å²) in [4.78, 5) is 11.1. The molecule has 10 aromatic rings. The van der Waals surface area contributed by atoms with Gasteiger partial charge in [-0.1, -0.05) is 134 Å². The molecule has 0 saturated heterocycles. The van der Waals surface area contributed by atoms with Crippen molar-refractivity contribution in [2.75, 3.05) is 0 Å². The van der Waals surface area contributed by atoms with Gasteiger partial charge in [-0.05, 0) is 88.3 Å². The van der Waals surface area contributed by atoms with Gasteiger partial charge in [0.25, 0.3) is 0 Å². The standard InChI is InChI=1S/C51H35N3S/c1-32-43-28-35-16-5-7-18-37(35)30-46(43)54-47-31-38-19-8-6-17-36(38)29-44(47)40-23-11-20-34(49(40)54)21-12-26-45(33-14-3-2-4-15-33)53-51(52-32)42-25-13-24-41-39-22-9-10-27-48(39)55-50(41)42/h2-11,13-20,22-25,27-31H,1,12,21,26H2/b52-51-,53-45+. The zero-order valence-corrected chi connectivity index (χ0v) is 31.0. The third kappa shape index (κ3) is 5.25. The molecule has 1 aliphatic heterocycles.